The summed E-state index contributed by atoms with van der Waals surface area (Å²) in [6.45, 7) is 1.24. The predicted octanol–water partition coefficient (Wildman–Crippen LogP) is 4.31. The zero-order chi connectivity index (χ0) is 14.2. The molecule has 0 aromatic heterocycles. The summed E-state index contributed by atoms with van der Waals surface area (Å²) in [6, 6.07) is 16.5. The molecule has 0 bridgehead atoms. The van der Waals surface area contributed by atoms with Gasteiger partial charge in [-0.2, -0.15) is 0 Å². The number of hydrogen-bond acceptors (Lipinski definition) is 2. The first kappa shape index (κ1) is 15.1. The Labute approximate surface area is 129 Å². The van der Waals surface area contributed by atoms with E-state index in [4.69, 9.17) is 10.5 Å². The van der Waals surface area contributed by atoms with Crippen molar-refractivity contribution in [2.45, 2.75) is 25.8 Å². The molecular formula is C17H20BrNO. The Kier molecular flexibility index (Phi) is 6.09. The van der Waals surface area contributed by atoms with Crippen molar-refractivity contribution in [2.24, 2.45) is 5.73 Å². The highest BCUT2D eigenvalue weighted by molar-refractivity contribution is 9.10. The second-order valence-electron chi connectivity index (χ2n) is 4.75. The number of halogens is 1. The van der Waals surface area contributed by atoms with Crippen LogP contribution in [0.4, 0.5) is 0 Å². The molecule has 0 heterocycles. The first-order chi connectivity index (χ1) is 9.79. The highest BCUT2D eigenvalue weighted by Gasteiger charge is 2.03. The molecular weight excluding hydrogens is 314 g/mol. The second-order valence-corrected chi connectivity index (χ2v) is 5.66. The van der Waals surface area contributed by atoms with Crippen LogP contribution in [0, 0.1) is 0 Å². The summed E-state index contributed by atoms with van der Waals surface area (Å²) < 4.78 is 6.86. The van der Waals surface area contributed by atoms with Crippen LogP contribution in [0.25, 0.3) is 0 Å². The van der Waals surface area contributed by atoms with E-state index in [9.17, 15) is 0 Å². The average molecular weight is 334 g/mol. The molecule has 0 fully saturated rings. The van der Waals surface area contributed by atoms with Crippen molar-refractivity contribution in [2.75, 3.05) is 6.61 Å². The van der Waals surface area contributed by atoms with Gasteiger partial charge in [-0.3, -0.25) is 0 Å². The van der Waals surface area contributed by atoms with Gasteiger partial charge in [0.25, 0.3) is 0 Å². The van der Waals surface area contributed by atoms with Gasteiger partial charge in [0.05, 0.1) is 6.61 Å². The van der Waals surface area contributed by atoms with Crippen molar-refractivity contribution in [1.82, 2.24) is 0 Å². The van der Waals surface area contributed by atoms with Crippen molar-refractivity contribution in [3.05, 3.63) is 64.1 Å². The van der Waals surface area contributed by atoms with Crippen LogP contribution in [-0.4, -0.2) is 6.61 Å². The quantitative estimate of drug-likeness (QED) is 0.766. The minimum absolute atomic E-state index is 0.499. The Morgan fingerprint density at radius 3 is 2.55 bits per heavy atom. The van der Waals surface area contributed by atoms with Gasteiger partial charge in [-0.15, -0.1) is 0 Å². The first-order valence-corrected chi connectivity index (χ1v) is 7.74. The fourth-order valence-electron chi connectivity index (χ4n) is 2.11. The van der Waals surface area contributed by atoms with Crippen LogP contribution in [0.3, 0.4) is 0 Å². The molecule has 0 amide bonds. The predicted molar refractivity (Wildman–Crippen MR) is 86.9 cm³/mol. The van der Waals surface area contributed by atoms with Gasteiger partial charge in [-0.25, -0.2) is 0 Å². The molecule has 2 N–H and O–H groups in total. The van der Waals surface area contributed by atoms with Gasteiger partial charge in [-0.1, -0.05) is 46.3 Å². The van der Waals surface area contributed by atoms with Crippen LogP contribution >= 0.6 is 15.9 Å². The fraction of sp³-hybridized carbons (Fsp3) is 0.294. The smallest absolute Gasteiger partial charge is 0.123 e. The number of hydrogen-bond donors (Lipinski definition) is 1. The van der Waals surface area contributed by atoms with Gasteiger partial charge < -0.3 is 10.5 Å². The van der Waals surface area contributed by atoms with Crippen LogP contribution in [-0.2, 0) is 13.0 Å². The molecule has 20 heavy (non-hydrogen) atoms. The molecule has 0 aliphatic rings. The van der Waals surface area contributed by atoms with E-state index in [1.54, 1.807) is 0 Å². The Balaban J connectivity index is 1.73. The maximum absolute atomic E-state index is 5.82. The largest absolute Gasteiger partial charge is 0.493 e. The number of ether oxygens (including phenoxy) is 1. The number of rotatable bonds is 7. The van der Waals surface area contributed by atoms with E-state index in [-0.39, 0.29) is 0 Å². The van der Waals surface area contributed by atoms with Gasteiger partial charge in [0.1, 0.15) is 5.75 Å². The molecule has 0 aliphatic heterocycles. The topological polar surface area (TPSA) is 35.2 Å². The van der Waals surface area contributed by atoms with Gasteiger partial charge in [0.2, 0.25) is 0 Å². The van der Waals surface area contributed by atoms with E-state index >= 15 is 0 Å². The average Bonchev–Trinajstić information content (AvgIpc) is 2.49. The van der Waals surface area contributed by atoms with Crippen molar-refractivity contribution in [3.63, 3.8) is 0 Å². The molecule has 0 spiro atoms. The maximum Gasteiger partial charge on any atom is 0.123 e. The Hall–Kier alpha value is -1.32. The lowest BCUT2D eigenvalue weighted by molar-refractivity contribution is 0.304. The second kappa shape index (κ2) is 8.08. The van der Waals surface area contributed by atoms with Crippen LogP contribution in [0.15, 0.2) is 53.0 Å². The lowest BCUT2D eigenvalue weighted by atomic mass is 10.1. The van der Waals surface area contributed by atoms with E-state index in [1.807, 2.05) is 18.2 Å². The van der Waals surface area contributed by atoms with Crippen molar-refractivity contribution in [1.29, 1.82) is 0 Å². The summed E-state index contributed by atoms with van der Waals surface area (Å²) in [5, 5.41) is 0. The molecule has 0 saturated heterocycles. The molecule has 0 unspecified atom stereocenters. The molecule has 2 nitrogen and oxygen atoms in total. The maximum atomic E-state index is 5.82. The molecule has 0 atom stereocenters. The van der Waals surface area contributed by atoms with E-state index in [0.717, 1.165) is 41.7 Å². The minimum Gasteiger partial charge on any atom is -0.493 e. The van der Waals surface area contributed by atoms with Gasteiger partial charge >= 0.3 is 0 Å². The van der Waals surface area contributed by atoms with Crippen molar-refractivity contribution >= 4 is 15.9 Å². The molecule has 2 aromatic rings. The van der Waals surface area contributed by atoms with Gasteiger partial charge in [0.15, 0.2) is 0 Å². The van der Waals surface area contributed by atoms with Crippen molar-refractivity contribution in [3.8, 4) is 5.75 Å². The van der Waals surface area contributed by atoms with E-state index in [2.05, 4.69) is 46.3 Å². The van der Waals surface area contributed by atoms with E-state index in [0.29, 0.717) is 6.54 Å². The third-order valence-electron chi connectivity index (χ3n) is 3.20. The summed E-state index contributed by atoms with van der Waals surface area (Å²) in [6.07, 6.45) is 3.29. The Morgan fingerprint density at radius 1 is 1.00 bits per heavy atom. The number of nitrogens with two attached hydrogens (primary N) is 1. The standard InChI is InChI=1S/C17H20BrNO/c18-16-9-10-17(15(12-16)13-19)20-11-5-4-8-14-6-2-1-3-7-14/h1-3,6-7,9-10,12H,4-5,8,11,13,19H2. The monoisotopic (exact) mass is 333 g/mol. The lowest BCUT2D eigenvalue weighted by Gasteiger charge is -2.10. The molecule has 3 heteroatoms. The summed E-state index contributed by atoms with van der Waals surface area (Å²) >= 11 is 3.44. The minimum atomic E-state index is 0.499. The number of benzene rings is 2. The third kappa shape index (κ3) is 4.66. The zero-order valence-corrected chi connectivity index (χ0v) is 13.1. The molecule has 106 valence electrons. The molecule has 0 saturated carbocycles. The summed E-state index contributed by atoms with van der Waals surface area (Å²) in [7, 11) is 0. The number of unbranched alkanes of at least 4 members (excludes halogenated alkanes) is 1. The lowest BCUT2D eigenvalue weighted by Crippen LogP contribution is -2.04. The van der Waals surface area contributed by atoms with Crippen LogP contribution < -0.4 is 10.5 Å². The number of aryl methyl sites for hydroxylation is 1. The molecule has 2 rings (SSSR count). The van der Waals surface area contributed by atoms with Gasteiger partial charge in [0, 0.05) is 16.6 Å². The Morgan fingerprint density at radius 2 is 1.80 bits per heavy atom. The summed E-state index contributed by atoms with van der Waals surface area (Å²) in [5.74, 6) is 0.899. The van der Waals surface area contributed by atoms with E-state index < -0.39 is 0 Å². The summed E-state index contributed by atoms with van der Waals surface area (Å²) in [5.41, 5.74) is 8.16. The summed E-state index contributed by atoms with van der Waals surface area (Å²) in [4.78, 5) is 0. The SMILES string of the molecule is NCc1cc(Br)ccc1OCCCCc1ccccc1. The normalized spacial score (nSPS) is 10.5. The van der Waals surface area contributed by atoms with Crippen molar-refractivity contribution < 1.29 is 4.74 Å². The Bertz CT molecular complexity index is 528. The van der Waals surface area contributed by atoms with Crippen LogP contribution in [0.2, 0.25) is 0 Å². The molecule has 2 aromatic carbocycles. The highest BCUT2D eigenvalue weighted by Crippen LogP contribution is 2.23. The molecule has 0 aliphatic carbocycles. The molecule has 0 radical (unpaired) electrons. The highest BCUT2D eigenvalue weighted by atomic mass is 79.9. The van der Waals surface area contributed by atoms with Crippen LogP contribution in [0.5, 0.6) is 5.75 Å². The first-order valence-electron chi connectivity index (χ1n) is 6.95. The van der Waals surface area contributed by atoms with Gasteiger partial charge in [-0.05, 0) is 43.0 Å². The van der Waals surface area contributed by atoms with E-state index in [1.165, 1.54) is 5.56 Å². The van der Waals surface area contributed by atoms with Crippen LogP contribution in [0.1, 0.15) is 24.0 Å². The third-order valence-corrected chi connectivity index (χ3v) is 3.70. The fourth-order valence-corrected chi connectivity index (χ4v) is 2.51. The zero-order valence-electron chi connectivity index (χ0n) is 11.5.